The first-order valence-electron chi connectivity index (χ1n) is 6.42. The predicted octanol–water partition coefficient (Wildman–Crippen LogP) is 3.67. The van der Waals surface area contributed by atoms with E-state index in [0.29, 0.717) is 0 Å². The van der Waals surface area contributed by atoms with Crippen LogP contribution in [0, 0.1) is 15.9 Å². The maximum absolute atomic E-state index is 13.5. The Hall–Kier alpha value is -2.23. The Balaban J connectivity index is 2.32. The number of H-pyrrole nitrogens is 1. The minimum absolute atomic E-state index is 0.0332. The molecule has 0 bridgehead atoms. The molecule has 0 radical (unpaired) electrons. The maximum atomic E-state index is 13.5. The van der Waals surface area contributed by atoms with Crippen LogP contribution in [0.3, 0.4) is 0 Å². The first-order valence-corrected chi connectivity index (χ1v) is 7.59. The SMILES string of the molecule is O=c1[nH]c2c(Br)c(C(O)c3cc(F)ccc3Cl)c([N+](=O)[O-])cc2o1. The Kier molecular flexibility index (Phi) is 4.16. The lowest BCUT2D eigenvalue weighted by molar-refractivity contribution is -0.386. The molecule has 1 heterocycles. The van der Waals surface area contributed by atoms with E-state index in [0.717, 1.165) is 18.2 Å². The Bertz CT molecular complexity index is 1030. The number of nitro groups is 1. The van der Waals surface area contributed by atoms with Crippen LogP contribution in [0.4, 0.5) is 10.1 Å². The second-order valence-corrected chi connectivity index (χ2v) is 6.04. The van der Waals surface area contributed by atoms with E-state index >= 15 is 0 Å². The lowest BCUT2D eigenvalue weighted by Gasteiger charge is -2.15. The van der Waals surface area contributed by atoms with Gasteiger partial charge in [0.15, 0.2) is 5.58 Å². The van der Waals surface area contributed by atoms with Crippen molar-refractivity contribution in [3.05, 3.63) is 71.4 Å². The number of nitro benzene ring substituents is 1. The quantitative estimate of drug-likeness (QED) is 0.499. The van der Waals surface area contributed by atoms with Gasteiger partial charge < -0.3 is 9.52 Å². The number of nitrogens with zero attached hydrogens (tertiary/aromatic N) is 1. The minimum Gasteiger partial charge on any atom is -0.408 e. The summed E-state index contributed by atoms with van der Waals surface area (Å²) in [5, 5.41) is 21.9. The average Bonchev–Trinajstić information content (AvgIpc) is 2.89. The highest BCUT2D eigenvalue weighted by atomic mass is 79.9. The summed E-state index contributed by atoms with van der Waals surface area (Å²) in [4.78, 5) is 24.3. The summed E-state index contributed by atoms with van der Waals surface area (Å²) in [7, 11) is 0. The standard InChI is InChI=1S/C14H7BrClFN2O5/c15-11-10(13(20)6-3-5(17)1-2-7(6)16)8(19(22)23)4-9-12(11)18-14(21)24-9/h1-4,13,20H,(H,18,21). The van der Waals surface area contributed by atoms with Crippen molar-refractivity contribution in [2.24, 2.45) is 0 Å². The van der Waals surface area contributed by atoms with Crippen LogP contribution >= 0.6 is 27.5 Å². The van der Waals surface area contributed by atoms with Crippen molar-refractivity contribution in [1.29, 1.82) is 0 Å². The van der Waals surface area contributed by atoms with Crippen molar-refractivity contribution in [1.82, 2.24) is 4.98 Å². The number of aromatic nitrogens is 1. The topological polar surface area (TPSA) is 109 Å². The predicted molar refractivity (Wildman–Crippen MR) is 86.7 cm³/mol. The molecule has 124 valence electrons. The van der Waals surface area contributed by atoms with Gasteiger partial charge in [-0.3, -0.25) is 15.1 Å². The van der Waals surface area contributed by atoms with E-state index in [1.54, 1.807) is 0 Å². The Morgan fingerprint density at radius 2 is 2.12 bits per heavy atom. The molecule has 2 N–H and O–H groups in total. The zero-order valence-corrected chi connectivity index (χ0v) is 13.9. The minimum atomic E-state index is -1.61. The van der Waals surface area contributed by atoms with Crippen molar-refractivity contribution >= 4 is 44.3 Å². The molecular formula is C14H7BrClFN2O5. The summed E-state index contributed by atoms with van der Waals surface area (Å²) in [6.45, 7) is 0. The Morgan fingerprint density at radius 3 is 2.79 bits per heavy atom. The summed E-state index contributed by atoms with van der Waals surface area (Å²) in [5.74, 6) is -1.47. The first kappa shape index (κ1) is 16.6. The van der Waals surface area contributed by atoms with Crippen LogP contribution in [0.5, 0.6) is 0 Å². The van der Waals surface area contributed by atoms with Crippen LogP contribution in [-0.2, 0) is 0 Å². The maximum Gasteiger partial charge on any atom is 0.417 e. The number of nitrogens with one attached hydrogen (secondary N) is 1. The number of rotatable bonds is 3. The largest absolute Gasteiger partial charge is 0.417 e. The van der Waals surface area contributed by atoms with Gasteiger partial charge in [0.05, 0.1) is 21.0 Å². The van der Waals surface area contributed by atoms with Gasteiger partial charge in [0.1, 0.15) is 17.4 Å². The molecule has 0 aliphatic heterocycles. The molecule has 1 atom stereocenters. The lowest BCUT2D eigenvalue weighted by Crippen LogP contribution is -2.07. The van der Waals surface area contributed by atoms with E-state index in [4.69, 9.17) is 16.0 Å². The number of oxazole rings is 1. The molecule has 3 aromatic rings. The number of halogens is 3. The van der Waals surface area contributed by atoms with Crippen molar-refractivity contribution in [2.45, 2.75) is 6.10 Å². The molecule has 0 spiro atoms. The molecule has 1 aromatic heterocycles. The van der Waals surface area contributed by atoms with Crippen LogP contribution in [0.1, 0.15) is 17.2 Å². The molecular weight excluding hydrogens is 411 g/mol. The molecule has 24 heavy (non-hydrogen) atoms. The molecule has 2 aromatic carbocycles. The van der Waals surface area contributed by atoms with Gasteiger partial charge in [0.2, 0.25) is 0 Å². The average molecular weight is 418 g/mol. The first-order chi connectivity index (χ1) is 11.3. The molecule has 0 saturated carbocycles. The zero-order chi connectivity index (χ0) is 17.6. The highest BCUT2D eigenvalue weighted by Gasteiger charge is 2.30. The number of aliphatic hydroxyl groups is 1. The van der Waals surface area contributed by atoms with Gasteiger partial charge in [-0.15, -0.1) is 0 Å². The van der Waals surface area contributed by atoms with E-state index < -0.39 is 28.3 Å². The molecule has 0 aliphatic rings. The Morgan fingerprint density at radius 1 is 1.42 bits per heavy atom. The lowest BCUT2D eigenvalue weighted by atomic mass is 9.99. The second kappa shape index (κ2) is 6.00. The molecule has 10 heteroatoms. The van der Waals surface area contributed by atoms with E-state index in [2.05, 4.69) is 20.9 Å². The fourth-order valence-corrected chi connectivity index (χ4v) is 3.28. The third-order valence-electron chi connectivity index (χ3n) is 3.40. The number of hydrogen-bond donors (Lipinski definition) is 2. The summed E-state index contributed by atoms with van der Waals surface area (Å²) in [6.07, 6.45) is -1.61. The van der Waals surface area contributed by atoms with Gasteiger partial charge >= 0.3 is 5.76 Å². The van der Waals surface area contributed by atoms with Crippen LogP contribution in [0.25, 0.3) is 11.1 Å². The molecule has 1 unspecified atom stereocenters. The fourth-order valence-electron chi connectivity index (χ4n) is 2.34. The molecule has 7 nitrogen and oxygen atoms in total. The van der Waals surface area contributed by atoms with E-state index in [-0.39, 0.29) is 31.7 Å². The third-order valence-corrected chi connectivity index (χ3v) is 4.57. The molecule has 3 rings (SSSR count). The second-order valence-electron chi connectivity index (χ2n) is 4.84. The summed E-state index contributed by atoms with van der Waals surface area (Å²) in [6, 6.07) is 4.31. The Labute approximate surface area is 145 Å². The van der Waals surface area contributed by atoms with Gasteiger partial charge in [-0.25, -0.2) is 9.18 Å². The smallest absolute Gasteiger partial charge is 0.408 e. The number of aliphatic hydroxyl groups excluding tert-OH is 1. The van der Waals surface area contributed by atoms with Crippen molar-refractivity contribution in [2.75, 3.05) is 0 Å². The molecule has 0 saturated heterocycles. The number of benzene rings is 2. The summed E-state index contributed by atoms with van der Waals surface area (Å²) < 4.78 is 18.3. The highest BCUT2D eigenvalue weighted by molar-refractivity contribution is 9.10. The fraction of sp³-hybridized carbons (Fsp3) is 0.0714. The van der Waals surface area contributed by atoms with Gasteiger partial charge in [0, 0.05) is 10.6 Å². The van der Waals surface area contributed by atoms with Gasteiger partial charge in [-0.1, -0.05) is 11.6 Å². The van der Waals surface area contributed by atoms with Crippen LogP contribution in [0.15, 0.2) is 37.9 Å². The van der Waals surface area contributed by atoms with Gasteiger partial charge in [0.25, 0.3) is 5.69 Å². The zero-order valence-electron chi connectivity index (χ0n) is 11.5. The molecule has 0 amide bonds. The van der Waals surface area contributed by atoms with E-state index in [1.165, 1.54) is 6.07 Å². The highest BCUT2D eigenvalue weighted by Crippen LogP contribution is 2.41. The van der Waals surface area contributed by atoms with Crippen LogP contribution in [0.2, 0.25) is 5.02 Å². The number of fused-ring (bicyclic) bond motifs is 1. The van der Waals surface area contributed by atoms with Crippen LogP contribution < -0.4 is 5.76 Å². The molecule has 0 aliphatic carbocycles. The summed E-state index contributed by atoms with van der Waals surface area (Å²) in [5.41, 5.74) is -0.667. The third kappa shape index (κ3) is 2.70. The van der Waals surface area contributed by atoms with Crippen molar-refractivity contribution in [3.8, 4) is 0 Å². The van der Waals surface area contributed by atoms with E-state index in [9.17, 15) is 24.4 Å². The van der Waals surface area contributed by atoms with Gasteiger partial charge in [-0.05, 0) is 34.1 Å². The van der Waals surface area contributed by atoms with Crippen molar-refractivity contribution in [3.63, 3.8) is 0 Å². The number of aromatic amines is 1. The normalized spacial score (nSPS) is 12.5. The van der Waals surface area contributed by atoms with Crippen molar-refractivity contribution < 1.29 is 18.8 Å². The van der Waals surface area contributed by atoms with E-state index in [1.807, 2.05) is 0 Å². The van der Waals surface area contributed by atoms with Gasteiger partial charge in [-0.2, -0.15) is 0 Å². The monoisotopic (exact) mass is 416 g/mol. The molecule has 0 fully saturated rings. The summed E-state index contributed by atoms with van der Waals surface area (Å²) >= 11 is 9.08. The van der Waals surface area contributed by atoms with Crippen LogP contribution in [-0.4, -0.2) is 15.0 Å². The number of hydrogen-bond acceptors (Lipinski definition) is 5.